The first-order valence-electron chi connectivity index (χ1n) is 4.82. The van der Waals surface area contributed by atoms with Crippen LogP contribution in [0.2, 0.25) is 0 Å². The van der Waals surface area contributed by atoms with E-state index in [1.807, 2.05) is 0 Å². The molecular weight excluding hydrogens is 231 g/mol. The lowest BCUT2D eigenvalue weighted by atomic mass is 10.1. The third-order valence-corrected chi connectivity index (χ3v) is 2.12. The number of nitrogens with zero attached hydrogens (tertiary/aromatic N) is 1. The van der Waals surface area contributed by atoms with E-state index < -0.39 is 12.6 Å². The third kappa shape index (κ3) is 2.96. The zero-order valence-electron chi connectivity index (χ0n) is 8.61. The molecule has 2 nitrogen and oxygen atoms in total. The molecule has 1 aromatic carbocycles. The SMILES string of the molecule is Fc1ccc(-c2cccc(OC(F)F)c2)cn1. The maximum atomic E-state index is 12.6. The number of hydrogen-bond acceptors (Lipinski definition) is 2. The van der Waals surface area contributed by atoms with Gasteiger partial charge in [0.05, 0.1) is 0 Å². The summed E-state index contributed by atoms with van der Waals surface area (Å²) in [6, 6.07) is 8.87. The summed E-state index contributed by atoms with van der Waals surface area (Å²) in [4.78, 5) is 3.49. The Morgan fingerprint density at radius 1 is 1.06 bits per heavy atom. The Morgan fingerprint density at radius 2 is 1.88 bits per heavy atom. The molecule has 88 valence electrons. The van der Waals surface area contributed by atoms with Gasteiger partial charge < -0.3 is 4.74 Å². The standard InChI is InChI=1S/C12H8F3NO/c13-11-5-4-9(7-16-11)8-2-1-3-10(6-8)17-12(14)15/h1-7,12H. The Kier molecular flexibility index (Phi) is 3.27. The molecule has 5 heteroatoms. The summed E-state index contributed by atoms with van der Waals surface area (Å²) in [6.07, 6.45) is 1.33. The molecule has 0 aliphatic rings. The van der Waals surface area contributed by atoms with E-state index in [0.717, 1.165) is 0 Å². The summed E-state index contributed by atoms with van der Waals surface area (Å²) < 4.78 is 40.9. The van der Waals surface area contributed by atoms with Crippen LogP contribution >= 0.6 is 0 Å². The highest BCUT2D eigenvalue weighted by molar-refractivity contribution is 5.63. The van der Waals surface area contributed by atoms with E-state index in [1.54, 1.807) is 12.1 Å². The van der Waals surface area contributed by atoms with Gasteiger partial charge in [0.25, 0.3) is 0 Å². The fraction of sp³-hybridized carbons (Fsp3) is 0.0833. The van der Waals surface area contributed by atoms with Gasteiger partial charge in [-0.3, -0.25) is 0 Å². The number of benzene rings is 1. The number of ether oxygens (including phenoxy) is 1. The van der Waals surface area contributed by atoms with Crippen LogP contribution < -0.4 is 4.74 Å². The third-order valence-electron chi connectivity index (χ3n) is 2.12. The van der Waals surface area contributed by atoms with Crippen LogP contribution in [-0.2, 0) is 0 Å². The minimum Gasteiger partial charge on any atom is -0.435 e. The first-order valence-corrected chi connectivity index (χ1v) is 4.82. The molecule has 0 atom stereocenters. The summed E-state index contributed by atoms with van der Waals surface area (Å²) in [5.74, 6) is -0.532. The molecule has 1 aromatic heterocycles. The maximum Gasteiger partial charge on any atom is 0.387 e. The molecule has 0 radical (unpaired) electrons. The lowest BCUT2D eigenvalue weighted by molar-refractivity contribution is -0.0498. The first kappa shape index (κ1) is 11.4. The predicted octanol–water partition coefficient (Wildman–Crippen LogP) is 3.49. The van der Waals surface area contributed by atoms with Gasteiger partial charge in [-0.05, 0) is 29.8 Å². The van der Waals surface area contributed by atoms with E-state index in [1.165, 1.54) is 30.5 Å². The van der Waals surface area contributed by atoms with E-state index in [4.69, 9.17) is 0 Å². The molecule has 0 spiro atoms. The van der Waals surface area contributed by atoms with Crippen LogP contribution in [0.3, 0.4) is 0 Å². The van der Waals surface area contributed by atoms with Crippen molar-refractivity contribution < 1.29 is 17.9 Å². The Hall–Kier alpha value is -2.04. The van der Waals surface area contributed by atoms with Crippen LogP contribution in [0, 0.1) is 5.95 Å². The molecule has 0 amide bonds. The molecule has 0 aliphatic heterocycles. The van der Waals surface area contributed by atoms with E-state index in [0.29, 0.717) is 11.1 Å². The maximum absolute atomic E-state index is 12.6. The van der Waals surface area contributed by atoms with Gasteiger partial charge in [0.15, 0.2) is 0 Å². The number of halogens is 3. The highest BCUT2D eigenvalue weighted by Gasteiger charge is 2.05. The van der Waals surface area contributed by atoms with Crippen LogP contribution in [-0.4, -0.2) is 11.6 Å². The second kappa shape index (κ2) is 4.86. The topological polar surface area (TPSA) is 22.1 Å². The van der Waals surface area contributed by atoms with Crippen molar-refractivity contribution in [3.05, 3.63) is 48.5 Å². The Labute approximate surface area is 95.7 Å². The second-order valence-corrected chi connectivity index (χ2v) is 3.28. The molecule has 0 saturated heterocycles. The highest BCUT2D eigenvalue weighted by atomic mass is 19.3. The molecule has 0 bridgehead atoms. The molecule has 17 heavy (non-hydrogen) atoms. The van der Waals surface area contributed by atoms with Gasteiger partial charge in [-0.2, -0.15) is 13.2 Å². The van der Waals surface area contributed by atoms with Crippen LogP contribution in [0.1, 0.15) is 0 Å². The van der Waals surface area contributed by atoms with Crippen LogP contribution in [0.15, 0.2) is 42.6 Å². The molecule has 0 N–H and O–H groups in total. The Morgan fingerprint density at radius 3 is 2.53 bits per heavy atom. The smallest absolute Gasteiger partial charge is 0.387 e. The van der Waals surface area contributed by atoms with Crippen molar-refractivity contribution in [2.75, 3.05) is 0 Å². The van der Waals surface area contributed by atoms with Crippen molar-refractivity contribution in [3.63, 3.8) is 0 Å². The first-order chi connectivity index (χ1) is 8.15. The van der Waals surface area contributed by atoms with Crippen molar-refractivity contribution >= 4 is 0 Å². The highest BCUT2D eigenvalue weighted by Crippen LogP contribution is 2.24. The van der Waals surface area contributed by atoms with E-state index in [-0.39, 0.29) is 5.75 Å². The van der Waals surface area contributed by atoms with Crippen molar-refractivity contribution in [2.45, 2.75) is 6.61 Å². The molecule has 1 heterocycles. The monoisotopic (exact) mass is 239 g/mol. The Balaban J connectivity index is 2.29. The van der Waals surface area contributed by atoms with Crippen molar-refractivity contribution in [1.29, 1.82) is 0 Å². The fourth-order valence-corrected chi connectivity index (χ4v) is 1.40. The van der Waals surface area contributed by atoms with Crippen LogP contribution in [0.25, 0.3) is 11.1 Å². The van der Waals surface area contributed by atoms with Crippen molar-refractivity contribution in [3.8, 4) is 16.9 Å². The zero-order valence-corrected chi connectivity index (χ0v) is 8.61. The van der Waals surface area contributed by atoms with Gasteiger partial charge in [-0.15, -0.1) is 0 Å². The molecule has 0 aliphatic carbocycles. The largest absolute Gasteiger partial charge is 0.435 e. The van der Waals surface area contributed by atoms with Crippen LogP contribution in [0.5, 0.6) is 5.75 Å². The number of aromatic nitrogens is 1. The van der Waals surface area contributed by atoms with Crippen molar-refractivity contribution in [1.82, 2.24) is 4.98 Å². The number of rotatable bonds is 3. The van der Waals surface area contributed by atoms with Gasteiger partial charge in [0.1, 0.15) is 5.75 Å². The van der Waals surface area contributed by atoms with E-state index in [2.05, 4.69) is 9.72 Å². The summed E-state index contributed by atoms with van der Waals surface area (Å²) in [5.41, 5.74) is 1.27. The average molecular weight is 239 g/mol. The molecule has 0 fully saturated rings. The van der Waals surface area contributed by atoms with Crippen molar-refractivity contribution in [2.24, 2.45) is 0 Å². The fourth-order valence-electron chi connectivity index (χ4n) is 1.40. The molecule has 0 unspecified atom stereocenters. The number of pyridine rings is 1. The van der Waals surface area contributed by atoms with Gasteiger partial charge in [-0.25, -0.2) is 4.98 Å². The van der Waals surface area contributed by atoms with Gasteiger partial charge in [-0.1, -0.05) is 12.1 Å². The lowest BCUT2D eigenvalue weighted by Crippen LogP contribution is -2.01. The quantitative estimate of drug-likeness (QED) is 0.765. The zero-order chi connectivity index (χ0) is 12.3. The Bertz CT molecular complexity index is 499. The average Bonchev–Trinajstić information content (AvgIpc) is 2.29. The molecular formula is C12H8F3NO. The van der Waals surface area contributed by atoms with E-state index in [9.17, 15) is 13.2 Å². The van der Waals surface area contributed by atoms with E-state index >= 15 is 0 Å². The molecule has 0 saturated carbocycles. The molecule has 2 aromatic rings. The van der Waals surface area contributed by atoms with Gasteiger partial charge >= 0.3 is 6.61 Å². The van der Waals surface area contributed by atoms with Gasteiger partial charge in [0.2, 0.25) is 5.95 Å². The second-order valence-electron chi connectivity index (χ2n) is 3.28. The predicted molar refractivity (Wildman–Crippen MR) is 56.3 cm³/mol. The number of hydrogen-bond donors (Lipinski definition) is 0. The summed E-state index contributed by atoms with van der Waals surface area (Å²) in [5, 5.41) is 0. The lowest BCUT2D eigenvalue weighted by Gasteiger charge is -2.06. The summed E-state index contributed by atoms with van der Waals surface area (Å²) >= 11 is 0. The normalized spacial score (nSPS) is 10.6. The summed E-state index contributed by atoms with van der Waals surface area (Å²) in [7, 11) is 0. The minimum absolute atomic E-state index is 0.0572. The molecule has 2 rings (SSSR count). The summed E-state index contributed by atoms with van der Waals surface area (Å²) in [6.45, 7) is -2.86. The number of alkyl halides is 2. The van der Waals surface area contributed by atoms with Gasteiger partial charge in [0, 0.05) is 11.8 Å². The van der Waals surface area contributed by atoms with Crippen LogP contribution in [0.4, 0.5) is 13.2 Å². The minimum atomic E-state index is -2.86.